The molecule has 1 amide bonds. The van der Waals surface area contributed by atoms with Gasteiger partial charge in [0.2, 0.25) is 0 Å². The van der Waals surface area contributed by atoms with Crippen LogP contribution in [0, 0.1) is 0 Å². The molecule has 0 aliphatic rings. The predicted octanol–water partition coefficient (Wildman–Crippen LogP) is 1.29. The summed E-state index contributed by atoms with van der Waals surface area (Å²) in [5.41, 5.74) is 1.08. The summed E-state index contributed by atoms with van der Waals surface area (Å²) < 4.78 is 1.48. The third kappa shape index (κ3) is 2.37. The summed E-state index contributed by atoms with van der Waals surface area (Å²) in [7, 11) is 1.64. The summed E-state index contributed by atoms with van der Waals surface area (Å²) in [6.07, 6.45) is 5.30. The van der Waals surface area contributed by atoms with E-state index in [1.54, 1.807) is 30.4 Å². The van der Waals surface area contributed by atoms with Gasteiger partial charge in [-0.25, -0.2) is 4.98 Å². The fourth-order valence-corrected chi connectivity index (χ4v) is 1.83. The summed E-state index contributed by atoms with van der Waals surface area (Å²) in [5, 5.41) is 0. The number of pyridine rings is 1. The van der Waals surface area contributed by atoms with Gasteiger partial charge in [-0.05, 0) is 19.1 Å². The zero-order chi connectivity index (χ0) is 13.8. The van der Waals surface area contributed by atoms with Crippen LogP contribution in [0.4, 0.5) is 5.69 Å². The average molecular weight is 258 g/mol. The van der Waals surface area contributed by atoms with Crippen molar-refractivity contribution in [1.29, 1.82) is 0 Å². The number of aldehydes is 1. The Hall–Kier alpha value is -2.50. The number of carbonyl (C=O) groups excluding carboxylic acids is 2. The number of anilines is 1. The van der Waals surface area contributed by atoms with Gasteiger partial charge in [-0.2, -0.15) is 0 Å². The number of rotatable bonds is 4. The second-order valence-corrected chi connectivity index (χ2v) is 3.94. The molecular weight excluding hydrogens is 244 g/mol. The van der Waals surface area contributed by atoms with Gasteiger partial charge >= 0.3 is 0 Å². The number of aromatic nitrogens is 3. The maximum atomic E-state index is 12.4. The van der Waals surface area contributed by atoms with E-state index in [0.29, 0.717) is 24.2 Å². The van der Waals surface area contributed by atoms with E-state index >= 15 is 0 Å². The molecule has 2 heterocycles. The third-order valence-electron chi connectivity index (χ3n) is 2.87. The van der Waals surface area contributed by atoms with Crippen LogP contribution in [0.25, 0.3) is 0 Å². The summed E-state index contributed by atoms with van der Waals surface area (Å²) in [6, 6.07) is 3.58. The molecule has 98 valence electrons. The number of hydrogen-bond acceptors (Lipinski definition) is 4. The molecule has 2 aromatic rings. The van der Waals surface area contributed by atoms with Crippen LogP contribution in [0.5, 0.6) is 0 Å². The van der Waals surface area contributed by atoms with Crippen LogP contribution in [0.15, 0.2) is 30.7 Å². The zero-order valence-electron chi connectivity index (χ0n) is 10.8. The molecule has 2 aromatic heterocycles. The van der Waals surface area contributed by atoms with Gasteiger partial charge in [-0.3, -0.25) is 14.6 Å². The van der Waals surface area contributed by atoms with Crippen molar-refractivity contribution in [3.63, 3.8) is 0 Å². The molecule has 0 radical (unpaired) electrons. The van der Waals surface area contributed by atoms with E-state index in [9.17, 15) is 9.59 Å². The van der Waals surface area contributed by atoms with Crippen LogP contribution in [0.3, 0.4) is 0 Å². The van der Waals surface area contributed by atoms with Crippen molar-refractivity contribution in [3.8, 4) is 0 Å². The van der Waals surface area contributed by atoms with Crippen LogP contribution in [0.2, 0.25) is 0 Å². The smallest absolute Gasteiger partial charge is 0.276 e. The van der Waals surface area contributed by atoms with Crippen LogP contribution < -0.4 is 4.90 Å². The highest BCUT2D eigenvalue weighted by atomic mass is 16.2. The van der Waals surface area contributed by atoms with Gasteiger partial charge in [-0.1, -0.05) is 0 Å². The quantitative estimate of drug-likeness (QED) is 0.775. The Morgan fingerprint density at radius 2 is 2.26 bits per heavy atom. The number of imidazole rings is 1. The molecule has 6 nitrogen and oxygen atoms in total. The molecule has 0 aliphatic carbocycles. The van der Waals surface area contributed by atoms with Crippen molar-refractivity contribution in [1.82, 2.24) is 14.5 Å². The SMILES string of the molecule is CCN(C(=O)c1cnc(C=O)n1C)c1cccnc1. The molecule has 19 heavy (non-hydrogen) atoms. The first kappa shape index (κ1) is 12.9. The minimum atomic E-state index is -0.210. The number of amides is 1. The van der Waals surface area contributed by atoms with Crippen molar-refractivity contribution in [2.75, 3.05) is 11.4 Å². The molecule has 0 aromatic carbocycles. The van der Waals surface area contributed by atoms with Gasteiger partial charge < -0.3 is 9.47 Å². The van der Waals surface area contributed by atoms with E-state index in [-0.39, 0.29) is 11.7 Å². The first-order valence-electron chi connectivity index (χ1n) is 5.87. The second-order valence-electron chi connectivity index (χ2n) is 3.94. The van der Waals surface area contributed by atoms with E-state index in [1.165, 1.54) is 10.8 Å². The second kappa shape index (κ2) is 5.43. The summed E-state index contributed by atoms with van der Waals surface area (Å²) in [4.78, 5) is 32.7. The van der Waals surface area contributed by atoms with Crippen LogP contribution >= 0.6 is 0 Å². The van der Waals surface area contributed by atoms with E-state index in [2.05, 4.69) is 9.97 Å². The van der Waals surface area contributed by atoms with E-state index in [4.69, 9.17) is 0 Å². The molecule has 0 atom stereocenters. The molecule has 2 rings (SSSR count). The first-order valence-corrected chi connectivity index (χ1v) is 5.87. The Morgan fingerprint density at radius 3 is 2.79 bits per heavy atom. The zero-order valence-corrected chi connectivity index (χ0v) is 10.8. The molecule has 0 spiro atoms. The fourth-order valence-electron chi connectivity index (χ4n) is 1.83. The topological polar surface area (TPSA) is 68.1 Å². The van der Waals surface area contributed by atoms with Crippen LogP contribution in [-0.2, 0) is 7.05 Å². The van der Waals surface area contributed by atoms with Gasteiger partial charge in [0.25, 0.3) is 5.91 Å². The number of nitrogens with zero attached hydrogens (tertiary/aromatic N) is 4. The monoisotopic (exact) mass is 258 g/mol. The Balaban J connectivity index is 2.36. The molecule has 0 bridgehead atoms. The molecule has 0 saturated carbocycles. The lowest BCUT2D eigenvalue weighted by molar-refractivity contribution is 0.0980. The minimum absolute atomic E-state index is 0.210. The molecule has 6 heteroatoms. The Labute approximate surface area is 110 Å². The fraction of sp³-hybridized carbons (Fsp3) is 0.231. The maximum absolute atomic E-state index is 12.4. The van der Waals surface area contributed by atoms with Crippen molar-refractivity contribution in [3.05, 3.63) is 42.2 Å². The van der Waals surface area contributed by atoms with Gasteiger partial charge in [0.05, 0.1) is 18.1 Å². The van der Waals surface area contributed by atoms with Gasteiger partial charge in [-0.15, -0.1) is 0 Å². The molecule has 0 N–H and O–H groups in total. The van der Waals surface area contributed by atoms with Gasteiger partial charge in [0, 0.05) is 19.8 Å². The van der Waals surface area contributed by atoms with Crippen molar-refractivity contribution < 1.29 is 9.59 Å². The standard InChI is InChI=1S/C13H14N4O2/c1-3-17(10-5-4-6-14-7-10)13(19)11-8-15-12(9-18)16(11)2/h4-9H,3H2,1-2H3. The molecule has 0 unspecified atom stereocenters. The van der Waals surface area contributed by atoms with Gasteiger partial charge in [0.15, 0.2) is 12.1 Å². The lowest BCUT2D eigenvalue weighted by atomic mass is 10.3. The van der Waals surface area contributed by atoms with Crippen molar-refractivity contribution >= 4 is 17.9 Å². The highest BCUT2D eigenvalue weighted by Crippen LogP contribution is 2.15. The predicted molar refractivity (Wildman–Crippen MR) is 70.2 cm³/mol. The largest absolute Gasteiger partial charge is 0.321 e. The summed E-state index contributed by atoms with van der Waals surface area (Å²) >= 11 is 0. The Bertz CT molecular complexity index is 592. The van der Waals surface area contributed by atoms with Crippen molar-refractivity contribution in [2.45, 2.75) is 6.92 Å². The Morgan fingerprint density at radius 1 is 1.47 bits per heavy atom. The highest BCUT2D eigenvalue weighted by molar-refractivity contribution is 6.05. The minimum Gasteiger partial charge on any atom is -0.321 e. The lowest BCUT2D eigenvalue weighted by Crippen LogP contribution is -2.32. The highest BCUT2D eigenvalue weighted by Gasteiger charge is 2.20. The maximum Gasteiger partial charge on any atom is 0.276 e. The molecule has 0 aliphatic heterocycles. The van der Waals surface area contributed by atoms with Crippen LogP contribution in [0.1, 0.15) is 28.0 Å². The van der Waals surface area contributed by atoms with Gasteiger partial charge in [0.1, 0.15) is 5.69 Å². The molecular formula is C13H14N4O2. The average Bonchev–Trinajstić information content (AvgIpc) is 2.81. The lowest BCUT2D eigenvalue weighted by Gasteiger charge is -2.20. The van der Waals surface area contributed by atoms with E-state index in [0.717, 1.165) is 0 Å². The van der Waals surface area contributed by atoms with E-state index < -0.39 is 0 Å². The number of hydrogen-bond donors (Lipinski definition) is 0. The molecule has 0 fully saturated rings. The number of carbonyl (C=O) groups is 2. The summed E-state index contributed by atoms with van der Waals surface area (Å²) in [6.45, 7) is 2.38. The van der Waals surface area contributed by atoms with Crippen molar-refractivity contribution in [2.24, 2.45) is 7.05 Å². The van der Waals surface area contributed by atoms with Crippen LogP contribution in [-0.4, -0.2) is 33.3 Å². The van der Waals surface area contributed by atoms with E-state index in [1.807, 2.05) is 13.0 Å². The third-order valence-corrected chi connectivity index (χ3v) is 2.87. The summed E-state index contributed by atoms with van der Waals surface area (Å²) in [5.74, 6) is 0.0178. The molecule has 0 saturated heterocycles. The normalized spacial score (nSPS) is 10.2. The Kier molecular flexibility index (Phi) is 3.70. The first-order chi connectivity index (χ1) is 9.19.